The van der Waals surface area contributed by atoms with Crippen LogP contribution in [0.25, 0.3) is 0 Å². The molecule has 27 heavy (non-hydrogen) atoms. The van der Waals surface area contributed by atoms with Crippen LogP contribution in [0.1, 0.15) is 41.3 Å². The Balaban J connectivity index is 1.36. The molecule has 8 nitrogen and oxygen atoms in total. The molecular formula is C19H25N5O3. The van der Waals surface area contributed by atoms with Crippen molar-refractivity contribution in [3.63, 3.8) is 0 Å². The van der Waals surface area contributed by atoms with Crippen molar-refractivity contribution in [2.45, 2.75) is 51.7 Å². The Morgan fingerprint density at radius 1 is 1.41 bits per heavy atom. The van der Waals surface area contributed by atoms with E-state index >= 15 is 0 Å². The maximum absolute atomic E-state index is 12.5. The average molecular weight is 371 g/mol. The van der Waals surface area contributed by atoms with E-state index in [1.807, 2.05) is 24.0 Å². The van der Waals surface area contributed by atoms with Gasteiger partial charge in [-0.3, -0.25) is 19.6 Å². The summed E-state index contributed by atoms with van der Waals surface area (Å²) >= 11 is 0. The van der Waals surface area contributed by atoms with Crippen LogP contribution in [0.2, 0.25) is 0 Å². The molecule has 2 aromatic rings. The van der Waals surface area contributed by atoms with Gasteiger partial charge in [0.1, 0.15) is 11.5 Å². The molecule has 2 aliphatic rings. The number of aryl methyl sites for hydroxylation is 2. The molecule has 0 saturated carbocycles. The Hall–Kier alpha value is -2.61. The lowest BCUT2D eigenvalue weighted by Crippen LogP contribution is -2.56. The minimum atomic E-state index is -0.492. The Morgan fingerprint density at radius 2 is 2.30 bits per heavy atom. The van der Waals surface area contributed by atoms with E-state index in [1.165, 1.54) is 11.3 Å². The molecule has 1 saturated heterocycles. The number of fused-ring (bicyclic) bond motifs is 1. The number of H-pyrrole nitrogens is 1. The smallest absolute Gasteiger partial charge is 0.237 e. The third-order valence-corrected chi connectivity index (χ3v) is 5.32. The Labute approximate surface area is 157 Å². The van der Waals surface area contributed by atoms with Crippen molar-refractivity contribution in [2.24, 2.45) is 0 Å². The van der Waals surface area contributed by atoms with Crippen LogP contribution in [0.4, 0.5) is 0 Å². The van der Waals surface area contributed by atoms with Gasteiger partial charge < -0.3 is 15.1 Å². The maximum Gasteiger partial charge on any atom is 0.237 e. The SMILES string of the molecule is Cc1ccc(CN2CCNC(=O)[C@@H]2CC(=O)NCc2n[nH]c3c2CCC3)o1. The Kier molecular flexibility index (Phi) is 4.98. The molecule has 1 atom stereocenters. The summed E-state index contributed by atoms with van der Waals surface area (Å²) in [6.45, 7) is 4.08. The van der Waals surface area contributed by atoms with Crippen molar-refractivity contribution in [1.29, 1.82) is 0 Å². The van der Waals surface area contributed by atoms with Gasteiger partial charge in [0.05, 0.1) is 31.2 Å². The van der Waals surface area contributed by atoms with Crippen LogP contribution < -0.4 is 10.6 Å². The van der Waals surface area contributed by atoms with Crippen LogP contribution in [0.3, 0.4) is 0 Å². The van der Waals surface area contributed by atoms with Crippen molar-refractivity contribution >= 4 is 11.8 Å². The van der Waals surface area contributed by atoms with Crippen molar-refractivity contribution < 1.29 is 14.0 Å². The van der Waals surface area contributed by atoms with Crippen LogP contribution in [0, 0.1) is 6.92 Å². The molecule has 1 aliphatic heterocycles. The number of aromatic amines is 1. The number of carbonyl (C=O) groups is 2. The van der Waals surface area contributed by atoms with E-state index in [0.29, 0.717) is 26.2 Å². The number of aromatic nitrogens is 2. The average Bonchev–Trinajstić information content (AvgIpc) is 3.34. The van der Waals surface area contributed by atoms with Crippen molar-refractivity contribution in [3.8, 4) is 0 Å². The van der Waals surface area contributed by atoms with E-state index in [2.05, 4.69) is 20.8 Å². The second kappa shape index (κ2) is 7.56. The summed E-state index contributed by atoms with van der Waals surface area (Å²) in [5, 5.41) is 13.1. The minimum Gasteiger partial charge on any atom is -0.465 e. The molecular weight excluding hydrogens is 346 g/mol. The van der Waals surface area contributed by atoms with Gasteiger partial charge in [-0.1, -0.05) is 0 Å². The van der Waals surface area contributed by atoms with Crippen molar-refractivity contribution in [3.05, 3.63) is 40.6 Å². The number of piperazine rings is 1. The van der Waals surface area contributed by atoms with Gasteiger partial charge in [0.15, 0.2) is 0 Å². The first kappa shape index (κ1) is 17.8. The van der Waals surface area contributed by atoms with Crippen LogP contribution in [-0.4, -0.2) is 46.0 Å². The number of nitrogens with zero attached hydrogens (tertiary/aromatic N) is 2. The zero-order valence-corrected chi connectivity index (χ0v) is 15.5. The van der Waals surface area contributed by atoms with Gasteiger partial charge >= 0.3 is 0 Å². The summed E-state index contributed by atoms with van der Waals surface area (Å²) in [7, 11) is 0. The fourth-order valence-corrected chi connectivity index (χ4v) is 3.91. The third-order valence-electron chi connectivity index (χ3n) is 5.32. The largest absolute Gasteiger partial charge is 0.465 e. The number of furan rings is 1. The van der Waals surface area contributed by atoms with Gasteiger partial charge in [-0.05, 0) is 43.9 Å². The molecule has 144 valence electrons. The first-order valence-electron chi connectivity index (χ1n) is 9.49. The lowest BCUT2D eigenvalue weighted by molar-refractivity contribution is -0.134. The topological polar surface area (TPSA) is 103 Å². The first-order valence-corrected chi connectivity index (χ1v) is 9.49. The van der Waals surface area contributed by atoms with Crippen molar-refractivity contribution in [1.82, 2.24) is 25.7 Å². The predicted octanol–water partition coefficient (Wildman–Crippen LogP) is 0.807. The van der Waals surface area contributed by atoms with Crippen LogP contribution >= 0.6 is 0 Å². The zero-order chi connectivity index (χ0) is 18.8. The molecule has 0 spiro atoms. The van der Waals surface area contributed by atoms with Gasteiger partial charge in [-0.2, -0.15) is 5.10 Å². The lowest BCUT2D eigenvalue weighted by Gasteiger charge is -2.34. The molecule has 0 bridgehead atoms. The van der Waals surface area contributed by atoms with Gasteiger partial charge in [0, 0.05) is 18.8 Å². The van der Waals surface area contributed by atoms with E-state index in [9.17, 15) is 9.59 Å². The quantitative estimate of drug-likeness (QED) is 0.697. The highest BCUT2D eigenvalue weighted by Crippen LogP contribution is 2.22. The van der Waals surface area contributed by atoms with Crippen molar-refractivity contribution in [2.75, 3.05) is 13.1 Å². The van der Waals surface area contributed by atoms with E-state index in [4.69, 9.17) is 4.42 Å². The van der Waals surface area contributed by atoms with E-state index in [0.717, 1.165) is 36.5 Å². The van der Waals surface area contributed by atoms with E-state index < -0.39 is 6.04 Å². The molecule has 1 fully saturated rings. The van der Waals surface area contributed by atoms with E-state index in [1.54, 1.807) is 0 Å². The molecule has 3 heterocycles. The molecule has 0 radical (unpaired) electrons. The fraction of sp³-hybridized carbons (Fsp3) is 0.526. The summed E-state index contributed by atoms with van der Waals surface area (Å²) in [5.74, 6) is 1.39. The van der Waals surface area contributed by atoms with Gasteiger partial charge in [0.2, 0.25) is 11.8 Å². The number of amides is 2. The standard InChI is InChI=1S/C19H25N5O3/c1-12-5-6-13(27-12)11-24-8-7-20-19(26)17(24)9-18(25)21-10-16-14-3-2-4-15(14)22-23-16/h5-6,17H,2-4,7-11H2,1H3,(H,20,26)(H,21,25)(H,22,23)/t17-/m0/s1. The summed E-state index contributed by atoms with van der Waals surface area (Å²) in [5.41, 5.74) is 3.33. The van der Waals surface area contributed by atoms with Crippen LogP contribution in [0.15, 0.2) is 16.5 Å². The highest BCUT2D eigenvalue weighted by molar-refractivity contribution is 5.88. The highest BCUT2D eigenvalue weighted by Gasteiger charge is 2.32. The number of hydrogen-bond donors (Lipinski definition) is 3. The third kappa shape index (κ3) is 3.90. The second-order valence-electron chi connectivity index (χ2n) is 7.25. The predicted molar refractivity (Wildman–Crippen MR) is 97.7 cm³/mol. The molecule has 2 aromatic heterocycles. The number of rotatable bonds is 6. The second-order valence-corrected chi connectivity index (χ2v) is 7.25. The zero-order valence-electron chi connectivity index (χ0n) is 15.5. The molecule has 0 unspecified atom stereocenters. The number of hydrogen-bond acceptors (Lipinski definition) is 5. The van der Waals surface area contributed by atoms with Gasteiger partial charge in [-0.15, -0.1) is 0 Å². The monoisotopic (exact) mass is 371 g/mol. The van der Waals surface area contributed by atoms with Gasteiger partial charge in [0.25, 0.3) is 0 Å². The Bertz CT molecular complexity index is 840. The van der Waals surface area contributed by atoms with Gasteiger partial charge in [-0.25, -0.2) is 0 Å². The Morgan fingerprint density at radius 3 is 3.11 bits per heavy atom. The molecule has 3 N–H and O–H groups in total. The van der Waals surface area contributed by atoms with E-state index in [-0.39, 0.29) is 18.2 Å². The first-order chi connectivity index (χ1) is 13.1. The molecule has 8 heteroatoms. The normalized spacial score (nSPS) is 19.7. The molecule has 1 aliphatic carbocycles. The number of carbonyl (C=O) groups excluding carboxylic acids is 2. The fourth-order valence-electron chi connectivity index (χ4n) is 3.91. The summed E-state index contributed by atoms with van der Waals surface area (Å²) in [6, 6.07) is 3.33. The summed E-state index contributed by atoms with van der Waals surface area (Å²) in [4.78, 5) is 26.8. The lowest BCUT2D eigenvalue weighted by atomic mass is 10.1. The highest BCUT2D eigenvalue weighted by atomic mass is 16.3. The molecule has 0 aromatic carbocycles. The molecule has 4 rings (SSSR count). The molecule has 2 amide bonds. The van der Waals surface area contributed by atoms with Crippen LogP contribution in [-0.2, 0) is 35.5 Å². The summed E-state index contributed by atoms with van der Waals surface area (Å²) < 4.78 is 5.63. The summed E-state index contributed by atoms with van der Waals surface area (Å²) in [6.07, 6.45) is 3.30. The minimum absolute atomic E-state index is 0.111. The van der Waals surface area contributed by atoms with Crippen LogP contribution in [0.5, 0.6) is 0 Å². The maximum atomic E-state index is 12.5. The number of nitrogens with one attached hydrogen (secondary N) is 3.